The standard InChI is InChI=1S/C15H23N3O.2ClH/c1-11-6-4-7-12(18-11)14(19)17-10-13-15(2,3)8-5-9-16-13;;/h4,6-7,13,16H,5,8-10H2,1-3H3,(H,17,19);2*1H. The first-order valence-corrected chi connectivity index (χ1v) is 6.94. The van der Waals surface area contributed by atoms with Crippen molar-refractivity contribution in [2.24, 2.45) is 5.41 Å². The number of halogens is 2. The summed E-state index contributed by atoms with van der Waals surface area (Å²) in [5.74, 6) is -0.0909. The van der Waals surface area contributed by atoms with E-state index in [2.05, 4.69) is 29.5 Å². The highest BCUT2D eigenvalue weighted by Crippen LogP contribution is 2.29. The lowest BCUT2D eigenvalue weighted by atomic mass is 9.77. The topological polar surface area (TPSA) is 54.0 Å². The molecule has 2 rings (SSSR count). The van der Waals surface area contributed by atoms with Crippen LogP contribution in [-0.4, -0.2) is 30.0 Å². The van der Waals surface area contributed by atoms with Crippen LogP contribution in [0.15, 0.2) is 18.2 Å². The van der Waals surface area contributed by atoms with Crippen LogP contribution >= 0.6 is 24.8 Å². The van der Waals surface area contributed by atoms with Gasteiger partial charge in [-0.1, -0.05) is 19.9 Å². The van der Waals surface area contributed by atoms with Gasteiger partial charge in [0.15, 0.2) is 0 Å². The molecule has 4 nitrogen and oxygen atoms in total. The Kier molecular flexibility index (Phi) is 8.22. The first kappa shape index (κ1) is 20.2. The van der Waals surface area contributed by atoms with E-state index >= 15 is 0 Å². The molecule has 1 unspecified atom stereocenters. The summed E-state index contributed by atoms with van der Waals surface area (Å²) in [6.45, 7) is 8.08. The summed E-state index contributed by atoms with van der Waals surface area (Å²) in [6, 6.07) is 5.83. The molecule has 2 heterocycles. The average Bonchev–Trinajstić information content (AvgIpc) is 2.36. The number of rotatable bonds is 3. The van der Waals surface area contributed by atoms with Gasteiger partial charge in [0.25, 0.3) is 5.91 Å². The summed E-state index contributed by atoms with van der Waals surface area (Å²) in [5, 5.41) is 6.48. The zero-order valence-corrected chi connectivity index (χ0v) is 14.4. The van der Waals surface area contributed by atoms with Gasteiger partial charge in [-0.2, -0.15) is 0 Å². The number of pyridine rings is 1. The van der Waals surface area contributed by atoms with Gasteiger partial charge in [-0.15, -0.1) is 24.8 Å². The van der Waals surface area contributed by atoms with E-state index < -0.39 is 0 Å². The molecule has 1 saturated heterocycles. The lowest BCUT2D eigenvalue weighted by Crippen LogP contribution is -2.52. The molecule has 120 valence electrons. The van der Waals surface area contributed by atoms with Gasteiger partial charge in [0.2, 0.25) is 0 Å². The maximum absolute atomic E-state index is 12.0. The molecule has 1 aromatic rings. The highest BCUT2D eigenvalue weighted by molar-refractivity contribution is 5.92. The number of hydrogen-bond acceptors (Lipinski definition) is 3. The normalized spacial score (nSPS) is 19.9. The second kappa shape index (κ2) is 8.57. The maximum atomic E-state index is 12.0. The Morgan fingerprint density at radius 3 is 2.76 bits per heavy atom. The van der Waals surface area contributed by atoms with Crippen molar-refractivity contribution >= 4 is 30.7 Å². The molecule has 1 atom stereocenters. The molecule has 1 aliphatic heterocycles. The highest BCUT2D eigenvalue weighted by atomic mass is 35.5. The number of hydrogen-bond donors (Lipinski definition) is 2. The van der Waals surface area contributed by atoms with Crippen LogP contribution in [-0.2, 0) is 0 Å². The van der Waals surface area contributed by atoms with Crippen molar-refractivity contribution in [2.45, 2.75) is 39.7 Å². The molecule has 21 heavy (non-hydrogen) atoms. The summed E-state index contributed by atoms with van der Waals surface area (Å²) in [5.41, 5.74) is 1.59. The smallest absolute Gasteiger partial charge is 0.269 e. The monoisotopic (exact) mass is 333 g/mol. The van der Waals surface area contributed by atoms with Crippen molar-refractivity contribution in [3.63, 3.8) is 0 Å². The van der Waals surface area contributed by atoms with Crippen molar-refractivity contribution in [3.8, 4) is 0 Å². The van der Waals surface area contributed by atoms with Crippen LogP contribution < -0.4 is 10.6 Å². The van der Waals surface area contributed by atoms with E-state index in [0.717, 1.165) is 12.2 Å². The molecule has 0 aromatic carbocycles. The van der Waals surface area contributed by atoms with Gasteiger partial charge in [0, 0.05) is 18.3 Å². The van der Waals surface area contributed by atoms with Crippen molar-refractivity contribution in [3.05, 3.63) is 29.6 Å². The average molecular weight is 334 g/mol. The van der Waals surface area contributed by atoms with Gasteiger partial charge < -0.3 is 10.6 Å². The van der Waals surface area contributed by atoms with Gasteiger partial charge in [0.05, 0.1) is 0 Å². The van der Waals surface area contributed by atoms with Crippen molar-refractivity contribution in [2.75, 3.05) is 13.1 Å². The first-order chi connectivity index (χ1) is 8.99. The minimum Gasteiger partial charge on any atom is -0.349 e. The Balaban J connectivity index is 0.00000200. The maximum Gasteiger partial charge on any atom is 0.269 e. The van der Waals surface area contributed by atoms with Gasteiger partial charge in [0.1, 0.15) is 5.69 Å². The molecular formula is C15H25Cl2N3O. The Labute approximate surface area is 139 Å². The fourth-order valence-corrected chi connectivity index (χ4v) is 2.57. The molecule has 1 amide bonds. The molecular weight excluding hydrogens is 309 g/mol. The van der Waals surface area contributed by atoms with Crippen LogP contribution in [0.4, 0.5) is 0 Å². The minimum absolute atomic E-state index is 0. The van der Waals surface area contributed by atoms with E-state index in [9.17, 15) is 4.79 Å². The molecule has 6 heteroatoms. The second-order valence-electron chi connectivity index (χ2n) is 5.97. The number of nitrogens with one attached hydrogen (secondary N) is 2. The minimum atomic E-state index is -0.0909. The quantitative estimate of drug-likeness (QED) is 0.894. The van der Waals surface area contributed by atoms with Crippen molar-refractivity contribution in [1.29, 1.82) is 0 Å². The third kappa shape index (κ3) is 5.46. The Morgan fingerprint density at radius 1 is 1.43 bits per heavy atom. The summed E-state index contributed by atoms with van der Waals surface area (Å²) in [6.07, 6.45) is 2.40. The van der Waals surface area contributed by atoms with E-state index in [1.54, 1.807) is 6.07 Å². The van der Waals surface area contributed by atoms with E-state index in [0.29, 0.717) is 18.3 Å². The number of aromatic nitrogens is 1. The molecule has 1 aromatic heterocycles. The van der Waals surface area contributed by atoms with Crippen molar-refractivity contribution < 1.29 is 4.79 Å². The van der Waals surface area contributed by atoms with Crippen LogP contribution in [0.25, 0.3) is 0 Å². The summed E-state index contributed by atoms with van der Waals surface area (Å²) < 4.78 is 0. The number of piperidine rings is 1. The third-order valence-corrected chi connectivity index (χ3v) is 3.92. The molecule has 1 aliphatic rings. The van der Waals surface area contributed by atoms with Crippen molar-refractivity contribution in [1.82, 2.24) is 15.6 Å². The number of nitrogens with zero attached hydrogens (tertiary/aromatic N) is 1. The molecule has 0 spiro atoms. The van der Waals surface area contributed by atoms with Gasteiger partial charge in [-0.05, 0) is 43.9 Å². The van der Waals surface area contributed by atoms with Crippen LogP contribution in [0.2, 0.25) is 0 Å². The van der Waals surface area contributed by atoms with E-state index in [-0.39, 0.29) is 36.1 Å². The fraction of sp³-hybridized carbons (Fsp3) is 0.600. The Bertz CT molecular complexity index is 466. The number of carbonyl (C=O) groups is 1. The number of aryl methyl sites for hydroxylation is 1. The van der Waals surface area contributed by atoms with E-state index in [1.807, 2.05) is 19.1 Å². The van der Waals surface area contributed by atoms with Gasteiger partial charge in [-0.3, -0.25) is 4.79 Å². The van der Waals surface area contributed by atoms with Crippen LogP contribution in [0.3, 0.4) is 0 Å². The summed E-state index contributed by atoms with van der Waals surface area (Å²) in [4.78, 5) is 16.3. The lowest BCUT2D eigenvalue weighted by molar-refractivity contribution is 0.0923. The zero-order valence-electron chi connectivity index (χ0n) is 12.8. The lowest BCUT2D eigenvalue weighted by Gasteiger charge is -2.39. The van der Waals surface area contributed by atoms with Gasteiger partial charge in [-0.25, -0.2) is 4.98 Å². The number of carbonyl (C=O) groups excluding carboxylic acids is 1. The van der Waals surface area contributed by atoms with Gasteiger partial charge >= 0.3 is 0 Å². The molecule has 2 N–H and O–H groups in total. The predicted molar refractivity (Wildman–Crippen MR) is 90.6 cm³/mol. The van der Waals surface area contributed by atoms with Crippen LogP contribution in [0, 0.1) is 12.3 Å². The molecule has 0 bridgehead atoms. The van der Waals surface area contributed by atoms with E-state index in [1.165, 1.54) is 12.8 Å². The van der Waals surface area contributed by atoms with E-state index in [4.69, 9.17) is 0 Å². The van der Waals surface area contributed by atoms with Crippen LogP contribution in [0.1, 0.15) is 42.9 Å². The molecule has 0 aliphatic carbocycles. The Hall–Kier alpha value is -0.840. The zero-order chi connectivity index (χ0) is 13.9. The number of amides is 1. The fourth-order valence-electron chi connectivity index (χ4n) is 2.57. The largest absolute Gasteiger partial charge is 0.349 e. The first-order valence-electron chi connectivity index (χ1n) is 6.94. The summed E-state index contributed by atoms with van der Waals surface area (Å²) >= 11 is 0. The Morgan fingerprint density at radius 2 is 2.14 bits per heavy atom. The molecule has 1 fully saturated rings. The third-order valence-electron chi connectivity index (χ3n) is 3.92. The van der Waals surface area contributed by atoms with Crippen LogP contribution in [0.5, 0.6) is 0 Å². The predicted octanol–water partition coefficient (Wildman–Crippen LogP) is 2.74. The molecule has 0 saturated carbocycles. The highest BCUT2D eigenvalue weighted by Gasteiger charge is 2.32. The second-order valence-corrected chi connectivity index (χ2v) is 5.97. The summed E-state index contributed by atoms with van der Waals surface area (Å²) in [7, 11) is 0. The SMILES string of the molecule is Cc1cccc(C(=O)NCC2NCCCC2(C)C)n1.Cl.Cl. The molecule has 0 radical (unpaired) electrons.